The Bertz CT molecular complexity index is 588. The van der Waals surface area contributed by atoms with Crippen molar-refractivity contribution in [1.82, 2.24) is 0 Å². The van der Waals surface area contributed by atoms with E-state index in [1.54, 1.807) is 6.92 Å². The third kappa shape index (κ3) is 4.65. The zero-order chi connectivity index (χ0) is 15.2. The highest BCUT2D eigenvalue weighted by atomic mass is 32.2. The van der Waals surface area contributed by atoms with Crippen molar-refractivity contribution < 1.29 is 4.79 Å². The number of hydrogen-bond acceptors (Lipinski definition) is 3. The van der Waals surface area contributed by atoms with Crippen molar-refractivity contribution >= 4 is 29.3 Å². The SMILES string of the molecule is CSC(C)c1ccc(SCc2ccc(C(C)=O)cc2)cc1. The summed E-state index contributed by atoms with van der Waals surface area (Å²) < 4.78 is 0. The second-order valence-electron chi connectivity index (χ2n) is 4.99. The van der Waals surface area contributed by atoms with Crippen molar-refractivity contribution in [2.75, 3.05) is 6.26 Å². The van der Waals surface area contributed by atoms with E-state index >= 15 is 0 Å². The molecule has 3 heteroatoms. The second-order valence-corrected chi connectivity index (χ2v) is 7.22. The quantitative estimate of drug-likeness (QED) is 0.509. The summed E-state index contributed by atoms with van der Waals surface area (Å²) in [6, 6.07) is 16.7. The van der Waals surface area contributed by atoms with Crippen LogP contribution >= 0.6 is 23.5 Å². The van der Waals surface area contributed by atoms with Gasteiger partial charge >= 0.3 is 0 Å². The largest absolute Gasteiger partial charge is 0.295 e. The molecule has 0 N–H and O–H groups in total. The van der Waals surface area contributed by atoms with E-state index in [1.165, 1.54) is 16.0 Å². The molecule has 0 radical (unpaired) electrons. The monoisotopic (exact) mass is 316 g/mol. The maximum atomic E-state index is 11.2. The molecule has 0 saturated carbocycles. The maximum Gasteiger partial charge on any atom is 0.159 e. The summed E-state index contributed by atoms with van der Waals surface area (Å²) >= 11 is 3.69. The molecule has 1 atom stereocenters. The summed E-state index contributed by atoms with van der Waals surface area (Å²) in [6.07, 6.45) is 2.14. The Morgan fingerprint density at radius 2 is 1.67 bits per heavy atom. The highest BCUT2D eigenvalue weighted by Gasteiger charge is 2.04. The molecule has 0 aliphatic rings. The molecular weight excluding hydrogens is 296 g/mol. The Labute approximate surface area is 135 Å². The van der Waals surface area contributed by atoms with Crippen LogP contribution in [0.3, 0.4) is 0 Å². The van der Waals surface area contributed by atoms with Gasteiger partial charge in [0.2, 0.25) is 0 Å². The number of benzene rings is 2. The van der Waals surface area contributed by atoms with E-state index < -0.39 is 0 Å². The molecule has 0 aliphatic heterocycles. The van der Waals surface area contributed by atoms with Gasteiger partial charge in [-0.05, 0) is 43.4 Å². The Hall–Kier alpha value is -1.19. The minimum absolute atomic E-state index is 0.118. The van der Waals surface area contributed by atoms with Crippen LogP contribution in [0.2, 0.25) is 0 Å². The molecule has 0 aromatic heterocycles. The zero-order valence-corrected chi connectivity index (χ0v) is 14.3. The van der Waals surface area contributed by atoms with E-state index in [9.17, 15) is 4.79 Å². The molecule has 110 valence electrons. The predicted molar refractivity (Wildman–Crippen MR) is 94.4 cm³/mol. The summed E-state index contributed by atoms with van der Waals surface area (Å²) in [7, 11) is 0. The van der Waals surface area contributed by atoms with Gasteiger partial charge in [-0.15, -0.1) is 11.8 Å². The van der Waals surface area contributed by atoms with Crippen LogP contribution in [0.25, 0.3) is 0 Å². The van der Waals surface area contributed by atoms with Crippen LogP contribution in [-0.4, -0.2) is 12.0 Å². The van der Waals surface area contributed by atoms with Crippen LogP contribution < -0.4 is 0 Å². The van der Waals surface area contributed by atoms with Gasteiger partial charge in [-0.3, -0.25) is 4.79 Å². The Morgan fingerprint density at radius 3 is 2.19 bits per heavy atom. The van der Waals surface area contributed by atoms with Crippen molar-refractivity contribution in [3.8, 4) is 0 Å². The number of carbonyl (C=O) groups excluding carboxylic acids is 1. The first kappa shape index (κ1) is 16.2. The van der Waals surface area contributed by atoms with Gasteiger partial charge in [0, 0.05) is 21.5 Å². The van der Waals surface area contributed by atoms with Crippen molar-refractivity contribution in [3.63, 3.8) is 0 Å². The van der Waals surface area contributed by atoms with Gasteiger partial charge in [-0.25, -0.2) is 0 Å². The van der Waals surface area contributed by atoms with Crippen molar-refractivity contribution in [1.29, 1.82) is 0 Å². The summed E-state index contributed by atoms with van der Waals surface area (Å²) in [4.78, 5) is 12.5. The van der Waals surface area contributed by atoms with Gasteiger partial charge in [-0.2, -0.15) is 11.8 Å². The van der Waals surface area contributed by atoms with Crippen LogP contribution in [0, 0.1) is 0 Å². The van der Waals surface area contributed by atoms with Crippen LogP contribution in [0.15, 0.2) is 53.4 Å². The standard InChI is InChI=1S/C18H20OS2/c1-13(19)16-6-4-15(5-7-16)12-21-18-10-8-17(9-11-18)14(2)20-3/h4-11,14H,12H2,1-3H3. The molecule has 0 aliphatic carbocycles. The summed E-state index contributed by atoms with van der Waals surface area (Å²) in [5.74, 6) is 1.04. The fourth-order valence-corrected chi connectivity index (χ4v) is 3.26. The lowest BCUT2D eigenvalue weighted by Crippen LogP contribution is -1.91. The number of Topliss-reactive ketones (excluding diaryl/α,β-unsaturated/α-hetero) is 1. The normalized spacial score (nSPS) is 12.1. The lowest BCUT2D eigenvalue weighted by molar-refractivity contribution is 0.101. The lowest BCUT2D eigenvalue weighted by atomic mass is 10.1. The summed E-state index contributed by atoms with van der Waals surface area (Å²) in [5.41, 5.74) is 3.39. The average Bonchev–Trinajstić information content (AvgIpc) is 2.53. The van der Waals surface area contributed by atoms with Crippen LogP contribution in [0.5, 0.6) is 0 Å². The Kier molecular flexibility index (Phi) is 5.95. The third-order valence-corrected chi connectivity index (χ3v) is 5.53. The Balaban J connectivity index is 1.95. The average molecular weight is 316 g/mol. The van der Waals surface area contributed by atoms with Crippen LogP contribution in [0.4, 0.5) is 0 Å². The van der Waals surface area contributed by atoms with E-state index in [1.807, 2.05) is 47.8 Å². The highest BCUT2D eigenvalue weighted by molar-refractivity contribution is 7.99. The fraction of sp³-hybridized carbons (Fsp3) is 0.278. The van der Waals surface area contributed by atoms with Crippen molar-refractivity contribution in [3.05, 3.63) is 65.2 Å². The molecule has 0 fully saturated rings. The molecular formula is C18H20OS2. The molecule has 0 saturated heterocycles. The van der Waals surface area contributed by atoms with Gasteiger partial charge in [0.1, 0.15) is 0 Å². The van der Waals surface area contributed by atoms with Gasteiger partial charge < -0.3 is 0 Å². The van der Waals surface area contributed by atoms with Crippen molar-refractivity contribution in [2.45, 2.75) is 29.7 Å². The van der Waals surface area contributed by atoms with E-state index in [-0.39, 0.29) is 5.78 Å². The molecule has 21 heavy (non-hydrogen) atoms. The molecule has 1 nitrogen and oxygen atoms in total. The first-order valence-corrected chi connectivity index (χ1v) is 9.23. The lowest BCUT2D eigenvalue weighted by Gasteiger charge is -2.09. The van der Waals surface area contributed by atoms with Crippen LogP contribution in [0.1, 0.15) is 40.6 Å². The number of hydrogen-bond donors (Lipinski definition) is 0. The van der Waals surface area contributed by atoms with Gasteiger partial charge in [0.05, 0.1) is 0 Å². The molecule has 2 aromatic rings. The molecule has 0 amide bonds. The number of rotatable bonds is 6. The fourth-order valence-electron chi connectivity index (χ4n) is 1.97. The highest BCUT2D eigenvalue weighted by Crippen LogP contribution is 2.29. The van der Waals surface area contributed by atoms with Crippen molar-refractivity contribution in [2.24, 2.45) is 0 Å². The number of carbonyl (C=O) groups is 1. The van der Waals surface area contributed by atoms with E-state index in [0.29, 0.717) is 5.25 Å². The van der Waals surface area contributed by atoms with Gasteiger partial charge in [-0.1, -0.05) is 36.4 Å². The predicted octanol–water partition coefficient (Wildman–Crippen LogP) is 5.61. The van der Waals surface area contributed by atoms with Gasteiger partial charge in [0.25, 0.3) is 0 Å². The molecule has 0 bridgehead atoms. The summed E-state index contributed by atoms with van der Waals surface area (Å²) in [6.45, 7) is 3.82. The zero-order valence-electron chi connectivity index (χ0n) is 12.6. The van der Waals surface area contributed by atoms with E-state index in [4.69, 9.17) is 0 Å². The number of ketones is 1. The molecule has 2 rings (SSSR count). The molecule has 0 spiro atoms. The number of thioether (sulfide) groups is 2. The minimum atomic E-state index is 0.118. The van der Waals surface area contributed by atoms with Gasteiger partial charge in [0.15, 0.2) is 5.78 Å². The molecule has 1 unspecified atom stereocenters. The topological polar surface area (TPSA) is 17.1 Å². The first-order valence-electron chi connectivity index (χ1n) is 6.95. The molecule has 2 aromatic carbocycles. The minimum Gasteiger partial charge on any atom is -0.295 e. The van der Waals surface area contributed by atoms with E-state index in [0.717, 1.165) is 11.3 Å². The smallest absolute Gasteiger partial charge is 0.159 e. The maximum absolute atomic E-state index is 11.2. The third-order valence-electron chi connectivity index (χ3n) is 3.47. The Morgan fingerprint density at radius 1 is 1.05 bits per heavy atom. The summed E-state index contributed by atoms with van der Waals surface area (Å²) in [5, 5.41) is 0.545. The second kappa shape index (κ2) is 7.71. The van der Waals surface area contributed by atoms with Crippen LogP contribution in [-0.2, 0) is 5.75 Å². The molecule has 0 heterocycles. The van der Waals surface area contributed by atoms with E-state index in [2.05, 4.69) is 37.4 Å². The first-order chi connectivity index (χ1) is 10.1.